The Labute approximate surface area is 169 Å². The number of hydrogen-bond donors (Lipinski definition) is 0. The van der Waals surface area contributed by atoms with Crippen LogP contribution in [0.4, 0.5) is 14.5 Å². The van der Waals surface area contributed by atoms with E-state index in [2.05, 4.69) is 0 Å². The molecule has 3 rings (SSSR count). The van der Waals surface area contributed by atoms with Crippen LogP contribution in [0.5, 0.6) is 0 Å². The topological polar surface area (TPSA) is 91.4 Å². The van der Waals surface area contributed by atoms with Gasteiger partial charge in [-0.25, -0.2) is 9.18 Å². The van der Waals surface area contributed by atoms with Crippen molar-refractivity contribution in [2.75, 3.05) is 0 Å². The summed E-state index contributed by atoms with van der Waals surface area (Å²) in [5, 5.41) is 10.0. The number of pyridine rings is 1. The number of nitrogens with zero attached hydrogens (tertiary/aromatic N) is 2. The maximum Gasteiger partial charge on any atom is 0.344 e. The van der Waals surface area contributed by atoms with Gasteiger partial charge in [-0.2, -0.15) is 4.39 Å². The molecule has 0 spiro atoms. The highest BCUT2D eigenvalue weighted by Crippen LogP contribution is 2.42. The highest BCUT2D eigenvalue weighted by Gasteiger charge is 2.41. The highest BCUT2D eigenvalue weighted by molar-refractivity contribution is 6.35. The van der Waals surface area contributed by atoms with Crippen LogP contribution in [0, 0.1) is 21.7 Å². The van der Waals surface area contributed by atoms with Crippen molar-refractivity contribution in [2.24, 2.45) is 0 Å². The predicted molar refractivity (Wildman–Crippen MR) is 103 cm³/mol. The first kappa shape index (κ1) is 21.2. The van der Waals surface area contributed by atoms with Gasteiger partial charge in [-0.3, -0.25) is 14.9 Å². The predicted octanol–water partition coefficient (Wildman–Crippen LogP) is 4.48. The molecule has 1 aromatic carbocycles. The van der Waals surface area contributed by atoms with E-state index in [-0.39, 0.29) is 17.6 Å². The third-order valence-electron chi connectivity index (χ3n) is 4.88. The van der Waals surface area contributed by atoms with E-state index < -0.39 is 60.8 Å². The van der Waals surface area contributed by atoms with Crippen molar-refractivity contribution in [3.63, 3.8) is 0 Å². The molecule has 1 aliphatic heterocycles. The van der Waals surface area contributed by atoms with Crippen molar-refractivity contribution < 1.29 is 23.2 Å². The number of nitro benzene ring substituents is 1. The lowest BCUT2D eigenvalue weighted by Gasteiger charge is -2.27. The van der Waals surface area contributed by atoms with Crippen LogP contribution in [0.2, 0.25) is 5.02 Å². The van der Waals surface area contributed by atoms with Crippen molar-refractivity contribution >= 4 is 34.2 Å². The smallest absolute Gasteiger partial charge is 0.344 e. The van der Waals surface area contributed by atoms with Gasteiger partial charge >= 0.3 is 11.7 Å². The zero-order valence-electron chi connectivity index (χ0n) is 16.5. The second-order valence-corrected chi connectivity index (χ2v) is 8.95. The van der Waals surface area contributed by atoms with Gasteiger partial charge in [0.2, 0.25) is 11.2 Å². The fourth-order valence-corrected chi connectivity index (χ4v) is 3.98. The number of ether oxygens (including phenoxy) is 1. The molecule has 10 heteroatoms. The van der Waals surface area contributed by atoms with Crippen molar-refractivity contribution in [3.05, 3.63) is 48.3 Å². The largest absolute Gasteiger partial charge is 0.456 e. The third kappa shape index (κ3) is 3.17. The van der Waals surface area contributed by atoms with E-state index in [1.165, 1.54) is 4.57 Å². The molecule has 0 aliphatic carbocycles. The molecule has 29 heavy (non-hydrogen) atoms. The van der Waals surface area contributed by atoms with Crippen molar-refractivity contribution in [3.8, 4) is 0 Å². The lowest BCUT2D eigenvalue weighted by molar-refractivity contribution is -0.386. The molecule has 7 nitrogen and oxygen atoms in total. The van der Waals surface area contributed by atoms with Gasteiger partial charge in [-0.05, 0) is 47.5 Å². The van der Waals surface area contributed by atoms with Crippen LogP contribution in [-0.2, 0) is 16.7 Å². The highest BCUT2D eigenvalue weighted by atomic mass is 35.5. The van der Waals surface area contributed by atoms with Crippen LogP contribution in [0.15, 0.2) is 4.79 Å². The molecule has 2 heterocycles. The number of aromatic nitrogens is 1. The number of nitro groups is 1. The molecule has 0 saturated heterocycles. The van der Waals surface area contributed by atoms with E-state index >= 15 is 0 Å². The summed E-state index contributed by atoms with van der Waals surface area (Å²) in [4.78, 5) is 36.3. The molecule has 0 bridgehead atoms. The fraction of sp³-hybridized carbons (Fsp3) is 0.474. The summed E-state index contributed by atoms with van der Waals surface area (Å²) in [6.07, 6.45) is 0.709. The Balaban J connectivity index is 2.61. The molecule has 1 aromatic heterocycles. The number of benzene rings is 1. The Morgan fingerprint density at radius 1 is 1.28 bits per heavy atom. The zero-order chi connectivity index (χ0) is 22.0. The minimum Gasteiger partial charge on any atom is -0.456 e. The average Bonchev–Trinajstić information content (AvgIpc) is 2.86. The van der Waals surface area contributed by atoms with Gasteiger partial charge in [0.1, 0.15) is 21.6 Å². The summed E-state index contributed by atoms with van der Waals surface area (Å²) >= 11 is 6.02. The average molecular weight is 429 g/mol. The van der Waals surface area contributed by atoms with Crippen LogP contribution in [0.1, 0.15) is 57.1 Å². The zero-order valence-corrected chi connectivity index (χ0v) is 17.2. The first-order chi connectivity index (χ1) is 13.2. The molecule has 2 aromatic rings. The van der Waals surface area contributed by atoms with Gasteiger partial charge in [0.25, 0.3) is 0 Å². The Kier molecular flexibility index (Phi) is 4.73. The minimum atomic E-state index is -1.85. The van der Waals surface area contributed by atoms with Crippen LogP contribution in [0.3, 0.4) is 0 Å². The molecule has 0 saturated carbocycles. The summed E-state index contributed by atoms with van der Waals surface area (Å²) in [5.41, 5.74) is -4.67. The molecule has 156 valence electrons. The van der Waals surface area contributed by atoms with E-state index in [0.29, 0.717) is 6.42 Å². The van der Waals surface area contributed by atoms with Gasteiger partial charge in [-0.15, -0.1) is 0 Å². The van der Waals surface area contributed by atoms with E-state index in [1.54, 1.807) is 34.6 Å². The van der Waals surface area contributed by atoms with Crippen LogP contribution in [0.25, 0.3) is 10.9 Å². The molecular formula is C19H19ClF2N2O5. The number of esters is 1. The first-order valence-electron chi connectivity index (χ1n) is 8.85. The van der Waals surface area contributed by atoms with Crippen LogP contribution in [-0.4, -0.2) is 21.1 Å². The molecule has 0 unspecified atom stereocenters. The monoisotopic (exact) mass is 428 g/mol. The Bertz CT molecular complexity index is 1150. The van der Waals surface area contributed by atoms with Crippen molar-refractivity contribution in [1.82, 2.24) is 4.57 Å². The second kappa shape index (κ2) is 6.48. The molecule has 1 aliphatic rings. The normalized spacial score (nSPS) is 15.4. The quantitative estimate of drug-likeness (QED) is 0.304. The van der Waals surface area contributed by atoms with Crippen LogP contribution < -0.4 is 5.43 Å². The van der Waals surface area contributed by atoms with Gasteiger partial charge < -0.3 is 9.30 Å². The van der Waals surface area contributed by atoms with E-state index in [1.807, 2.05) is 0 Å². The van der Waals surface area contributed by atoms with Crippen LogP contribution >= 0.6 is 11.6 Å². The molecular weight excluding hydrogens is 410 g/mol. The number of carbonyl (C=O) groups excluding carboxylic acids is 1. The van der Waals surface area contributed by atoms with Gasteiger partial charge in [0.15, 0.2) is 5.82 Å². The minimum absolute atomic E-state index is 0.226. The standard InChI is InChI=1S/C19H19ClF2N2O5/c1-18(2,3)29-17(26)9-8-6-7-19(4,5)23(8)14-10(16(9)25)15(24(27)28)13(22)12(21)11(14)20/h6-7H2,1-5H3. The number of fused-ring (bicyclic) bond motifs is 3. The molecule has 0 amide bonds. The maximum atomic E-state index is 14.4. The number of carbonyl (C=O) groups is 1. The Morgan fingerprint density at radius 2 is 1.86 bits per heavy atom. The van der Waals surface area contributed by atoms with E-state index in [9.17, 15) is 28.5 Å². The summed E-state index contributed by atoms with van der Waals surface area (Å²) < 4.78 is 35.5. The fourth-order valence-electron chi connectivity index (χ4n) is 3.72. The van der Waals surface area contributed by atoms with Crippen molar-refractivity contribution in [2.45, 2.75) is 58.6 Å². The SMILES string of the molecule is CC(C)(C)OC(=O)c1c2n(c3c(Cl)c(F)c(F)c([N+](=O)[O-])c3c1=O)C(C)(C)CC2. The molecule has 0 fully saturated rings. The molecule has 0 atom stereocenters. The van der Waals surface area contributed by atoms with Gasteiger partial charge in [0.05, 0.1) is 10.4 Å². The van der Waals surface area contributed by atoms with Gasteiger partial charge in [-0.1, -0.05) is 11.6 Å². The molecule has 0 N–H and O–H groups in total. The maximum absolute atomic E-state index is 14.4. The third-order valence-corrected chi connectivity index (χ3v) is 5.22. The number of hydrogen-bond acceptors (Lipinski definition) is 5. The van der Waals surface area contributed by atoms with E-state index in [4.69, 9.17) is 16.3 Å². The number of rotatable bonds is 2. The summed E-state index contributed by atoms with van der Waals surface area (Å²) in [6, 6.07) is 0. The number of halogens is 3. The Morgan fingerprint density at radius 3 is 2.38 bits per heavy atom. The van der Waals surface area contributed by atoms with E-state index in [0.717, 1.165) is 0 Å². The second-order valence-electron chi connectivity index (χ2n) is 8.57. The first-order valence-corrected chi connectivity index (χ1v) is 9.23. The molecule has 0 radical (unpaired) electrons. The summed E-state index contributed by atoms with van der Waals surface area (Å²) in [5.74, 6) is -4.45. The summed E-state index contributed by atoms with van der Waals surface area (Å²) in [7, 11) is 0. The lowest BCUT2D eigenvalue weighted by atomic mass is 10.0. The van der Waals surface area contributed by atoms with Crippen molar-refractivity contribution in [1.29, 1.82) is 0 Å². The van der Waals surface area contributed by atoms with Gasteiger partial charge in [0, 0.05) is 11.2 Å². The summed E-state index contributed by atoms with van der Waals surface area (Å²) in [6.45, 7) is 8.29. The lowest BCUT2D eigenvalue weighted by Crippen LogP contribution is -2.32. The Hall–Kier alpha value is -2.55.